The van der Waals surface area contributed by atoms with Crippen LogP contribution in [0, 0.1) is 5.41 Å². The largest absolute Gasteiger partial charge is 0.322 e. The van der Waals surface area contributed by atoms with Crippen molar-refractivity contribution >= 4 is 0 Å². The summed E-state index contributed by atoms with van der Waals surface area (Å²) in [4.78, 5) is 0. The van der Waals surface area contributed by atoms with Crippen LogP contribution in [0.2, 0.25) is 0 Å². The van der Waals surface area contributed by atoms with Crippen molar-refractivity contribution in [1.29, 1.82) is 0 Å². The third-order valence-electron chi connectivity index (χ3n) is 1.94. The first-order valence-corrected chi connectivity index (χ1v) is 2.54. The Bertz CT molecular complexity index is 106. The maximum absolute atomic E-state index is 12.2. The lowest BCUT2D eigenvalue weighted by Gasteiger charge is -1.95. The maximum Gasteiger partial charge on any atom is 0.270 e. The summed E-state index contributed by atoms with van der Waals surface area (Å²) in [5, 5.41) is 0. The molecule has 0 heterocycles. The molecule has 0 aliphatic heterocycles. The van der Waals surface area contributed by atoms with E-state index in [1.165, 1.54) is 13.8 Å². The van der Waals surface area contributed by atoms with Crippen LogP contribution >= 0.6 is 0 Å². The second-order valence-electron chi connectivity index (χ2n) is 2.82. The van der Waals surface area contributed by atoms with Gasteiger partial charge in [-0.25, -0.2) is 8.78 Å². The summed E-state index contributed by atoms with van der Waals surface area (Å²) in [5.74, 6) is -2.62. The van der Waals surface area contributed by atoms with Crippen LogP contribution < -0.4 is 5.73 Å². The Hall–Kier alpha value is -0.180. The number of nitrogens with two attached hydrogens (primary N) is 1. The summed E-state index contributed by atoms with van der Waals surface area (Å²) in [6.07, 6.45) is 0. The molecular weight excluding hydrogens is 112 g/mol. The Kier molecular flexibility index (Phi) is 0.782. The molecule has 0 radical (unpaired) electrons. The van der Waals surface area contributed by atoms with Crippen LogP contribution in [-0.4, -0.2) is 12.0 Å². The van der Waals surface area contributed by atoms with Crippen LogP contribution in [0.25, 0.3) is 0 Å². The summed E-state index contributed by atoms with van der Waals surface area (Å²) in [7, 11) is 0. The maximum atomic E-state index is 12.2. The molecule has 1 saturated carbocycles. The average Bonchev–Trinajstić information content (AvgIpc) is 1.88. The minimum absolute atomic E-state index is 0.921. The first-order chi connectivity index (χ1) is 3.40. The summed E-state index contributed by atoms with van der Waals surface area (Å²) >= 11 is 0. The molecular formula is C5H9F2N. The highest BCUT2D eigenvalue weighted by atomic mass is 19.3. The molecule has 48 valence electrons. The predicted octanol–water partition coefficient (Wildman–Crippen LogP) is 0.989. The first kappa shape index (κ1) is 5.95. The third kappa shape index (κ3) is 0.382. The molecule has 1 aliphatic rings. The molecule has 0 aromatic heterocycles. The highest BCUT2D eigenvalue weighted by Gasteiger charge is 2.73. The van der Waals surface area contributed by atoms with E-state index in [1.54, 1.807) is 0 Å². The third-order valence-corrected chi connectivity index (χ3v) is 1.94. The number of hydrogen-bond acceptors (Lipinski definition) is 1. The molecule has 2 N–H and O–H groups in total. The summed E-state index contributed by atoms with van der Waals surface area (Å²) in [6.45, 7) is 2.94. The van der Waals surface area contributed by atoms with Crippen LogP contribution in [0.1, 0.15) is 13.8 Å². The van der Waals surface area contributed by atoms with Gasteiger partial charge in [0.15, 0.2) is 0 Å². The van der Waals surface area contributed by atoms with E-state index in [1.807, 2.05) is 0 Å². The van der Waals surface area contributed by atoms with Crippen LogP contribution in [0.5, 0.6) is 0 Å². The topological polar surface area (TPSA) is 26.0 Å². The molecule has 1 atom stereocenters. The van der Waals surface area contributed by atoms with E-state index < -0.39 is 17.4 Å². The van der Waals surface area contributed by atoms with Crippen molar-refractivity contribution in [2.45, 2.75) is 25.8 Å². The van der Waals surface area contributed by atoms with Gasteiger partial charge in [-0.15, -0.1) is 0 Å². The molecule has 0 aromatic rings. The van der Waals surface area contributed by atoms with Gasteiger partial charge in [0, 0.05) is 0 Å². The van der Waals surface area contributed by atoms with Gasteiger partial charge in [0.05, 0.1) is 11.5 Å². The fraction of sp³-hybridized carbons (Fsp3) is 1.00. The number of halogens is 2. The van der Waals surface area contributed by atoms with Gasteiger partial charge in [-0.05, 0) is 0 Å². The fourth-order valence-electron chi connectivity index (χ4n) is 0.695. The minimum Gasteiger partial charge on any atom is -0.322 e. The Morgan fingerprint density at radius 2 is 1.50 bits per heavy atom. The van der Waals surface area contributed by atoms with Crippen molar-refractivity contribution in [3.63, 3.8) is 0 Å². The summed E-state index contributed by atoms with van der Waals surface area (Å²) < 4.78 is 24.4. The van der Waals surface area contributed by atoms with Gasteiger partial charge in [0.2, 0.25) is 0 Å². The minimum atomic E-state index is -2.62. The molecule has 0 aromatic carbocycles. The molecule has 0 unspecified atom stereocenters. The van der Waals surface area contributed by atoms with Gasteiger partial charge in [-0.1, -0.05) is 13.8 Å². The normalized spacial score (nSPS) is 39.4. The number of rotatable bonds is 0. The number of hydrogen-bond donors (Lipinski definition) is 1. The van der Waals surface area contributed by atoms with Crippen molar-refractivity contribution in [2.75, 3.05) is 0 Å². The Labute approximate surface area is 46.9 Å². The molecule has 3 heteroatoms. The van der Waals surface area contributed by atoms with Crippen LogP contribution in [0.15, 0.2) is 0 Å². The average molecular weight is 121 g/mol. The molecule has 0 bridgehead atoms. The summed E-state index contributed by atoms with van der Waals surface area (Å²) in [6, 6.07) is -0.921. The molecule has 0 spiro atoms. The lowest BCUT2D eigenvalue weighted by molar-refractivity contribution is 0.0730. The second-order valence-corrected chi connectivity index (χ2v) is 2.82. The Balaban J connectivity index is 2.72. The molecule has 1 aliphatic carbocycles. The smallest absolute Gasteiger partial charge is 0.270 e. The van der Waals surface area contributed by atoms with Crippen molar-refractivity contribution in [1.82, 2.24) is 0 Å². The van der Waals surface area contributed by atoms with Crippen LogP contribution in [0.4, 0.5) is 8.78 Å². The van der Waals surface area contributed by atoms with Crippen LogP contribution in [0.3, 0.4) is 0 Å². The monoisotopic (exact) mass is 121 g/mol. The Morgan fingerprint density at radius 1 is 1.38 bits per heavy atom. The van der Waals surface area contributed by atoms with Crippen molar-refractivity contribution in [3.05, 3.63) is 0 Å². The van der Waals surface area contributed by atoms with Crippen molar-refractivity contribution < 1.29 is 8.78 Å². The van der Waals surface area contributed by atoms with E-state index in [2.05, 4.69) is 0 Å². The van der Waals surface area contributed by atoms with E-state index in [4.69, 9.17) is 5.73 Å². The molecule has 1 nitrogen and oxygen atoms in total. The zero-order valence-electron chi connectivity index (χ0n) is 4.91. The van der Waals surface area contributed by atoms with Gasteiger partial charge in [-0.2, -0.15) is 0 Å². The quantitative estimate of drug-likeness (QED) is 0.508. The van der Waals surface area contributed by atoms with Gasteiger partial charge < -0.3 is 5.73 Å². The second kappa shape index (κ2) is 1.05. The van der Waals surface area contributed by atoms with E-state index in [0.717, 1.165) is 0 Å². The highest BCUT2D eigenvalue weighted by molar-refractivity contribution is 5.17. The first-order valence-electron chi connectivity index (χ1n) is 2.54. The molecule has 8 heavy (non-hydrogen) atoms. The van der Waals surface area contributed by atoms with Crippen molar-refractivity contribution in [2.24, 2.45) is 11.1 Å². The van der Waals surface area contributed by atoms with Gasteiger partial charge in [0.1, 0.15) is 0 Å². The van der Waals surface area contributed by atoms with E-state index in [9.17, 15) is 8.78 Å². The molecule has 0 amide bonds. The Morgan fingerprint density at radius 3 is 1.50 bits per heavy atom. The predicted molar refractivity (Wildman–Crippen MR) is 26.7 cm³/mol. The fourth-order valence-corrected chi connectivity index (χ4v) is 0.695. The zero-order chi connectivity index (χ0) is 6.58. The van der Waals surface area contributed by atoms with Gasteiger partial charge in [0.25, 0.3) is 5.92 Å². The summed E-state index contributed by atoms with van der Waals surface area (Å²) in [5.41, 5.74) is 4.08. The lowest BCUT2D eigenvalue weighted by Crippen LogP contribution is -2.09. The molecule has 1 fully saturated rings. The lowest BCUT2D eigenvalue weighted by atomic mass is 10.2. The van der Waals surface area contributed by atoms with E-state index >= 15 is 0 Å². The number of alkyl halides is 2. The van der Waals surface area contributed by atoms with Crippen LogP contribution in [-0.2, 0) is 0 Å². The highest BCUT2D eigenvalue weighted by Crippen LogP contribution is 2.58. The van der Waals surface area contributed by atoms with E-state index in [-0.39, 0.29) is 0 Å². The standard InChI is InChI=1S/C5H9F2N/c1-4(2)3(8)5(4,6)7/h3H,8H2,1-2H3/t3-/m1/s1. The van der Waals surface area contributed by atoms with Gasteiger partial charge >= 0.3 is 0 Å². The zero-order valence-corrected chi connectivity index (χ0v) is 4.91. The molecule has 1 rings (SSSR count). The SMILES string of the molecule is CC1(C)[C@@H](N)C1(F)F. The van der Waals surface area contributed by atoms with Gasteiger partial charge in [-0.3, -0.25) is 0 Å². The van der Waals surface area contributed by atoms with Crippen molar-refractivity contribution in [3.8, 4) is 0 Å². The molecule has 0 saturated heterocycles. The van der Waals surface area contributed by atoms with E-state index in [0.29, 0.717) is 0 Å².